The van der Waals surface area contributed by atoms with Crippen molar-refractivity contribution in [3.8, 4) is 0 Å². The lowest BCUT2D eigenvalue weighted by atomic mass is 10.2. The van der Waals surface area contributed by atoms with Gasteiger partial charge in [-0.1, -0.05) is 28.1 Å². The molecule has 1 aromatic carbocycles. The lowest BCUT2D eigenvalue weighted by molar-refractivity contribution is -0.122. The SMILES string of the molecule is O=C(CCOC[C@H]1CCCO1)NCc1ccc(Br)cc1. The predicted octanol–water partition coefficient (Wildman–Crippen LogP) is 2.65. The van der Waals surface area contributed by atoms with Gasteiger partial charge in [-0.25, -0.2) is 0 Å². The van der Waals surface area contributed by atoms with E-state index in [4.69, 9.17) is 9.47 Å². The number of benzene rings is 1. The van der Waals surface area contributed by atoms with Crippen molar-refractivity contribution in [1.29, 1.82) is 0 Å². The van der Waals surface area contributed by atoms with Crippen molar-refractivity contribution >= 4 is 21.8 Å². The normalized spacial score (nSPS) is 18.1. The van der Waals surface area contributed by atoms with Crippen molar-refractivity contribution in [1.82, 2.24) is 5.32 Å². The number of carbonyl (C=O) groups is 1. The van der Waals surface area contributed by atoms with Gasteiger partial charge in [-0.15, -0.1) is 0 Å². The number of amides is 1. The second-order valence-electron chi connectivity index (χ2n) is 4.86. The molecule has 1 aliphatic heterocycles. The van der Waals surface area contributed by atoms with Crippen molar-refractivity contribution in [2.45, 2.75) is 31.9 Å². The number of nitrogens with one attached hydrogen (secondary N) is 1. The Kier molecular flexibility index (Phi) is 6.50. The standard InChI is InChI=1S/C15H20BrNO3/c16-13-5-3-12(4-6-13)10-17-15(18)7-9-19-11-14-2-1-8-20-14/h3-6,14H,1-2,7-11H2,(H,17,18)/t14-/m1/s1. The second kappa shape index (κ2) is 8.39. The molecule has 1 aromatic rings. The van der Waals surface area contributed by atoms with Crippen molar-refractivity contribution in [2.24, 2.45) is 0 Å². The Balaban J connectivity index is 1.54. The van der Waals surface area contributed by atoms with Gasteiger partial charge in [-0.05, 0) is 30.5 Å². The quantitative estimate of drug-likeness (QED) is 0.775. The summed E-state index contributed by atoms with van der Waals surface area (Å²) in [7, 11) is 0. The molecule has 20 heavy (non-hydrogen) atoms. The fraction of sp³-hybridized carbons (Fsp3) is 0.533. The van der Waals surface area contributed by atoms with E-state index in [1.807, 2.05) is 24.3 Å². The smallest absolute Gasteiger partial charge is 0.222 e. The van der Waals surface area contributed by atoms with Gasteiger partial charge in [-0.2, -0.15) is 0 Å². The zero-order valence-corrected chi connectivity index (χ0v) is 13.0. The van der Waals surface area contributed by atoms with E-state index in [2.05, 4.69) is 21.2 Å². The molecule has 0 radical (unpaired) electrons. The summed E-state index contributed by atoms with van der Waals surface area (Å²) in [5.41, 5.74) is 1.09. The molecule has 0 unspecified atom stereocenters. The van der Waals surface area contributed by atoms with Crippen LogP contribution in [-0.4, -0.2) is 31.8 Å². The van der Waals surface area contributed by atoms with Crippen LogP contribution in [0.1, 0.15) is 24.8 Å². The number of ether oxygens (including phenoxy) is 2. The van der Waals surface area contributed by atoms with E-state index >= 15 is 0 Å². The van der Waals surface area contributed by atoms with Gasteiger partial charge >= 0.3 is 0 Å². The van der Waals surface area contributed by atoms with E-state index in [1.165, 1.54) is 0 Å². The molecule has 0 aliphatic carbocycles. The Morgan fingerprint density at radius 2 is 2.20 bits per heavy atom. The Bertz CT molecular complexity index is 416. The summed E-state index contributed by atoms with van der Waals surface area (Å²) in [5.74, 6) is 0.0141. The van der Waals surface area contributed by atoms with Crippen LogP contribution in [0.4, 0.5) is 0 Å². The summed E-state index contributed by atoms with van der Waals surface area (Å²) >= 11 is 3.38. The number of carbonyl (C=O) groups excluding carboxylic acids is 1. The molecule has 1 aliphatic rings. The first kappa shape index (κ1) is 15.5. The van der Waals surface area contributed by atoms with Crippen LogP contribution in [0.3, 0.4) is 0 Å². The molecular formula is C15H20BrNO3. The largest absolute Gasteiger partial charge is 0.378 e. The third-order valence-corrected chi connectivity index (χ3v) is 3.73. The Labute approximate surface area is 128 Å². The molecule has 0 saturated carbocycles. The molecule has 1 saturated heterocycles. The summed E-state index contributed by atoms with van der Waals surface area (Å²) in [6.07, 6.45) is 2.79. The highest BCUT2D eigenvalue weighted by molar-refractivity contribution is 9.10. The minimum Gasteiger partial charge on any atom is -0.378 e. The zero-order chi connectivity index (χ0) is 14.2. The van der Waals surface area contributed by atoms with E-state index in [0.717, 1.165) is 29.5 Å². The van der Waals surface area contributed by atoms with E-state index < -0.39 is 0 Å². The minimum atomic E-state index is 0.0141. The Morgan fingerprint density at radius 3 is 2.90 bits per heavy atom. The highest BCUT2D eigenvalue weighted by Crippen LogP contribution is 2.12. The molecule has 0 spiro atoms. The molecular weight excluding hydrogens is 322 g/mol. The maximum Gasteiger partial charge on any atom is 0.222 e. The van der Waals surface area contributed by atoms with E-state index in [-0.39, 0.29) is 12.0 Å². The van der Waals surface area contributed by atoms with E-state index in [0.29, 0.717) is 26.2 Å². The molecule has 1 fully saturated rings. The fourth-order valence-corrected chi connectivity index (χ4v) is 2.31. The summed E-state index contributed by atoms with van der Waals surface area (Å²) < 4.78 is 11.9. The first-order valence-corrected chi connectivity index (χ1v) is 7.74. The summed E-state index contributed by atoms with van der Waals surface area (Å²) in [6, 6.07) is 7.90. The summed E-state index contributed by atoms with van der Waals surface area (Å²) in [6.45, 7) is 2.44. The van der Waals surface area contributed by atoms with Crippen LogP contribution < -0.4 is 5.32 Å². The van der Waals surface area contributed by atoms with Gasteiger partial charge in [0.2, 0.25) is 5.91 Å². The molecule has 1 heterocycles. The monoisotopic (exact) mass is 341 g/mol. The van der Waals surface area contributed by atoms with Crippen LogP contribution >= 0.6 is 15.9 Å². The van der Waals surface area contributed by atoms with Crippen LogP contribution in [-0.2, 0) is 20.8 Å². The van der Waals surface area contributed by atoms with Crippen molar-refractivity contribution in [3.05, 3.63) is 34.3 Å². The highest BCUT2D eigenvalue weighted by atomic mass is 79.9. The van der Waals surface area contributed by atoms with Gasteiger partial charge in [-0.3, -0.25) is 4.79 Å². The molecule has 1 N–H and O–H groups in total. The van der Waals surface area contributed by atoms with Gasteiger partial charge in [0.25, 0.3) is 0 Å². The average molecular weight is 342 g/mol. The van der Waals surface area contributed by atoms with Crippen molar-refractivity contribution in [2.75, 3.05) is 19.8 Å². The Hall–Kier alpha value is -0.910. The first-order chi connectivity index (χ1) is 9.74. The van der Waals surface area contributed by atoms with Crippen LogP contribution in [0.15, 0.2) is 28.7 Å². The van der Waals surface area contributed by atoms with Gasteiger partial charge in [0, 0.05) is 24.0 Å². The highest BCUT2D eigenvalue weighted by Gasteiger charge is 2.15. The maximum atomic E-state index is 11.6. The van der Waals surface area contributed by atoms with Crippen LogP contribution in [0.25, 0.3) is 0 Å². The lowest BCUT2D eigenvalue weighted by Gasteiger charge is -2.10. The molecule has 4 nitrogen and oxygen atoms in total. The number of hydrogen-bond acceptors (Lipinski definition) is 3. The molecule has 0 aromatic heterocycles. The average Bonchev–Trinajstić information content (AvgIpc) is 2.96. The van der Waals surface area contributed by atoms with Crippen LogP contribution in [0.5, 0.6) is 0 Å². The molecule has 1 amide bonds. The Morgan fingerprint density at radius 1 is 1.40 bits per heavy atom. The third-order valence-electron chi connectivity index (χ3n) is 3.20. The van der Waals surface area contributed by atoms with Crippen LogP contribution in [0.2, 0.25) is 0 Å². The number of rotatable bonds is 7. The van der Waals surface area contributed by atoms with E-state index in [1.54, 1.807) is 0 Å². The summed E-state index contributed by atoms with van der Waals surface area (Å²) in [4.78, 5) is 11.6. The third kappa shape index (κ3) is 5.61. The summed E-state index contributed by atoms with van der Waals surface area (Å²) in [5, 5.41) is 2.88. The van der Waals surface area contributed by atoms with Gasteiger partial charge in [0.05, 0.1) is 19.3 Å². The molecule has 5 heteroatoms. The predicted molar refractivity (Wildman–Crippen MR) is 80.4 cm³/mol. The maximum absolute atomic E-state index is 11.6. The topological polar surface area (TPSA) is 47.6 Å². The van der Waals surface area contributed by atoms with E-state index in [9.17, 15) is 4.79 Å². The van der Waals surface area contributed by atoms with Gasteiger partial charge in [0.1, 0.15) is 0 Å². The molecule has 0 bridgehead atoms. The van der Waals surface area contributed by atoms with Crippen LogP contribution in [0, 0.1) is 0 Å². The van der Waals surface area contributed by atoms with Crippen molar-refractivity contribution < 1.29 is 14.3 Å². The van der Waals surface area contributed by atoms with Crippen molar-refractivity contribution in [3.63, 3.8) is 0 Å². The number of halogens is 1. The second-order valence-corrected chi connectivity index (χ2v) is 5.78. The minimum absolute atomic E-state index is 0.0141. The van der Waals surface area contributed by atoms with Gasteiger partial charge in [0.15, 0.2) is 0 Å². The fourth-order valence-electron chi connectivity index (χ4n) is 2.05. The zero-order valence-electron chi connectivity index (χ0n) is 11.4. The number of hydrogen-bond donors (Lipinski definition) is 1. The molecule has 2 rings (SSSR count). The molecule has 110 valence electrons. The van der Waals surface area contributed by atoms with Gasteiger partial charge < -0.3 is 14.8 Å². The first-order valence-electron chi connectivity index (χ1n) is 6.94. The molecule has 1 atom stereocenters. The lowest BCUT2D eigenvalue weighted by Crippen LogP contribution is -2.24.